The summed E-state index contributed by atoms with van der Waals surface area (Å²) in [5, 5.41) is 6.64. The Morgan fingerprint density at radius 1 is 0.919 bits per heavy atom. The molecule has 194 valence electrons. The smallest absolute Gasteiger partial charge is 0.257 e. The zero-order valence-corrected chi connectivity index (χ0v) is 22.8. The fraction of sp³-hybridized carbons (Fsp3) is 0.333. The second-order valence-electron chi connectivity index (χ2n) is 10.0. The van der Waals surface area contributed by atoms with Crippen molar-refractivity contribution in [3.63, 3.8) is 0 Å². The van der Waals surface area contributed by atoms with Gasteiger partial charge in [-0.15, -0.1) is 0 Å². The normalized spacial score (nSPS) is 14.0. The Labute approximate surface area is 229 Å². The summed E-state index contributed by atoms with van der Waals surface area (Å²) in [6.45, 7) is 6.47. The average Bonchev–Trinajstić information content (AvgIpc) is 2.88. The van der Waals surface area contributed by atoms with Gasteiger partial charge in [-0.25, -0.2) is 0 Å². The third kappa shape index (κ3) is 7.27. The molecule has 0 radical (unpaired) electrons. The average molecular weight is 539 g/mol. The highest BCUT2D eigenvalue weighted by Gasteiger charge is 2.24. The molecule has 0 bridgehead atoms. The second kappa shape index (κ2) is 12.5. The molecular formula is C30H33Cl2N3O2. The van der Waals surface area contributed by atoms with Gasteiger partial charge in [0.05, 0.1) is 16.1 Å². The molecule has 7 heteroatoms. The molecule has 0 spiro atoms. The molecule has 0 atom stereocenters. The van der Waals surface area contributed by atoms with E-state index in [1.54, 1.807) is 18.2 Å². The standard InChI is InChI=1S/C30H33Cl2N3O2/c1-20(2)19-33-29(36)26-18-24(34-30(37)25-10-8-23(31)17-27(25)32)9-11-28(26)35-14-12-22(13-15-35)16-21-6-4-3-5-7-21/h3-11,17-18,20,22H,12-16,19H2,1-2H3,(H,33,36)(H,34,37). The second-order valence-corrected chi connectivity index (χ2v) is 10.9. The number of nitrogens with one attached hydrogen (secondary N) is 2. The summed E-state index contributed by atoms with van der Waals surface area (Å²) in [5.41, 5.74) is 3.68. The summed E-state index contributed by atoms with van der Waals surface area (Å²) in [4.78, 5) is 28.4. The van der Waals surface area contributed by atoms with E-state index in [2.05, 4.69) is 53.6 Å². The number of hydrogen-bond acceptors (Lipinski definition) is 3. The van der Waals surface area contributed by atoms with Crippen LogP contribution < -0.4 is 15.5 Å². The Morgan fingerprint density at radius 3 is 2.32 bits per heavy atom. The fourth-order valence-electron chi connectivity index (χ4n) is 4.66. The van der Waals surface area contributed by atoms with Gasteiger partial charge in [0, 0.05) is 36.0 Å². The Morgan fingerprint density at radius 2 is 1.65 bits per heavy atom. The first-order valence-corrected chi connectivity index (χ1v) is 13.5. The Balaban J connectivity index is 1.51. The van der Waals surface area contributed by atoms with Crippen molar-refractivity contribution >= 4 is 46.4 Å². The van der Waals surface area contributed by atoms with E-state index in [0.29, 0.717) is 40.2 Å². The molecule has 0 saturated carbocycles. The fourth-order valence-corrected chi connectivity index (χ4v) is 5.16. The summed E-state index contributed by atoms with van der Waals surface area (Å²) in [7, 11) is 0. The third-order valence-corrected chi connectivity index (χ3v) is 7.22. The minimum absolute atomic E-state index is 0.143. The van der Waals surface area contributed by atoms with Gasteiger partial charge in [0.2, 0.25) is 0 Å². The zero-order chi connectivity index (χ0) is 26.4. The van der Waals surface area contributed by atoms with Crippen LogP contribution in [0.15, 0.2) is 66.7 Å². The maximum atomic E-state index is 13.2. The number of carbonyl (C=O) groups excluding carboxylic acids is 2. The number of piperidine rings is 1. The van der Waals surface area contributed by atoms with Crippen LogP contribution in [0.3, 0.4) is 0 Å². The van der Waals surface area contributed by atoms with Crippen LogP contribution in [-0.2, 0) is 6.42 Å². The lowest BCUT2D eigenvalue weighted by atomic mass is 9.89. The molecule has 2 amide bonds. The lowest BCUT2D eigenvalue weighted by Gasteiger charge is -2.35. The van der Waals surface area contributed by atoms with E-state index in [0.717, 1.165) is 38.0 Å². The van der Waals surface area contributed by atoms with Crippen LogP contribution in [0.2, 0.25) is 10.0 Å². The molecule has 2 N–H and O–H groups in total. The summed E-state index contributed by atoms with van der Waals surface area (Å²) in [5.74, 6) is 0.455. The van der Waals surface area contributed by atoms with Gasteiger partial charge in [-0.05, 0) is 73.1 Å². The molecular weight excluding hydrogens is 505 g/mol. The molecule has 1 aliphatic heterocycles. The van der Waals surface area contributed by atoms with E-state index in [1.165, 1.54) is 11.6 Å². The maximum absolute atomic E-state index is 13.2. The van der Waals surface area contributed by atoms with E-state index in [9.17, 15) is 9.59 Å². The highest BCUT2D eigenvalue weighted by molar-refractivity contribution is 6.37. The van der Waals surface area contributed by atoms with Crippen molar-refractivity contribution in [2.75, 3.05) is 29.9 Å². The van der Waals surface area contributed by atoms with Crippen molar-refractivity contribution in [1.82, 2.24) is 5.32 Å². The van der Waals surface area contributed by atoms with Gasteiger partial charge >= 0.3 is 0 Å². The first kappa shape index (κ1) is 27.0. The molecule has 37 heavy (non-hydrogen) atoms. The predicted octanol–water partition coefficient (Wildman–Crippen LogP) is 7.09. The largest absolute Gasteiger partial charge is 0.371 e. The lowest BCUT2D eigenvalue weighted by molar-refractivity contribution is 0.0948. The molecule has 1 heterocycles. The van der Waals surface area contributed by atoms with Gasteiger partial charge in [0.15, 0.2) is 0 Å². The number of carbonyl (C=O) groups is 2. The highest BCUT2D eigenvalue weighted by atomic mass is 35.5. The van der Waals surface area contributed by atoms with Gasteiger partial charge in [-0.3, -0.25) is 9.59 Å². The molecule has 5 nitrogen and oxygen atoms in total. The minimum atomic E-state index is -0.357. The van der Waals surface area contributed by atoms with Crippen molar-refractivity contribution in [3.05, 3.63) is 93.5 Å². The maximum Gasteiger partial charge on any atom is 0.257 e. The van der Waals surface area contributed by atoms with Crippen molar-refractivity contribution in [2.45, 2.75) is 33.1 Å². The van der Waals surface area contributed by atoms with Crippen molar-refractivity contribution < 1.29 is 9.59 Å². The predicted molar refractivity (Wildman–Crippen MR) is 153 cm³/mol. The topological polar surface area (TPSA) is 61.4 Å². The molecule has 0 unspecified atom stereocenters. The summed E-state index contributed by atoms with van der Waals surface area (Å²) < 4.78 is 0. The monoisotopic (exact) mass is 537 g/mol. The molecule has 3 aromatic rings. The minimum Gasteiger partial charge on any atom is -0.371 e. The molecule has 1 saturated heterocycles. The number of rotatable bonds is 8. The number of benzene rings is 3. The number of halogens is 2. The van der Waals surface area contributed by atoms with Gasteiger partial charge in [0.25, 0.3) is 11.8 Å². The first-order chi connectivity index (χ1) is 17.8. The van der Waals surface area contributed by atoms with Crippen LogP contribution in [0.1, 0.15) is 53.0 Å². The molecule has 0 aliphatic carbocycles. The van der Waals surface area contributed by atoms with Gasteiger partial charge < -0.3 is 15.5 Å². The van der Waals surface area contributed by atoms with Crippen LogP contribution in [0.25, 0.3) is 0 Å². The third-order valence-electron chi connectivity index (χ3n) is 6.67. The number of nitrogens with zero attached hydrogens (tertiary/aromatic N) is 1. The summed E-state index contributed by atoms with van der Waals surface area (Å²) in [6.07, 6.45) is 3.21. The van der Waals surface area contributed by atoms with Crippen LogP contribution in [0.5, 0.6) is 0 Å². The Kier molecular flexibility index (Phi) is 9.12. The Hall–Kier alpha value is -3.02. The highest BCUT2D eigenvalue weighted by Crippen LogP contribution is 2.31. The molecule has 0 aromatic heterocycles. The first-order valence-electron chi connectivity index (χ1n) is 12.8. The van der Waals surface area contributed by atoms with E-state index in [4.69, 9.17) is 23.2 Å². The van der Waals surface area contributed by atoms with Gasteiger partial charge in [-0.2, -0.15) is 0 Å². The van der Waals surface area contributed by atoms with Gasteiger partial charge in [-0.1, -0.05) is 67.4 Å². The molecule has 4 rings (SSSR count). The van der Waals surface area contributed by atoms with E-state index >= 15 is 0 Å². The zero-order valence-electron chi connectivity index (χ0n) is 21.3. The van der Waals surface area contributed by atoms with Crippen molar-refractivity contribution in [1.29, 1.82) is 0 Å². The number of anilines is 2. The molecule has 3 aromatic carbocycles. The SMILES string of the molecule is CC(C)CNC(=O)c1cc(NC(=O)c2ccc(Cl)cc2Cl)ccc1N1CCC(Cc2ccccc2)CC1. The molecule has 1 fully saturated rings. The lowest BCUT2D eigenvalue weighted by Crippen LogP contribution is -2.36. The van der Waals surface area contributed by atoms with E-state index < -0.39 is 0 Å². The summed E-state index contributed by atoms with van der Waals surface area (Å²) >= 11 is 12.2. The van der Waals surface area contributed by atoms with E-state index in [-0.39, 0.29) is 16.8 Å². The van der Waals surface area contributed by atoms with Crippen molar-refractivity contribution in [3.8, 4) is 0 Å². The van der Waals surface area contributed by atoms with Crippen LogP contribution >= 0.6 is 23.2 Å². The quantitative estimate of drug-likeness (QED) is 0.322. The van der Waals surface area contributed by atoms with Crippen LogP contribution in [-0.4, -0.2) is 31.4 Å². The summed E-state index contributed by atoms with van der Waals surface area (Å²) in [6, 6.07) is 20.9. The van der Waals surface area contributed by atoms with Gasteiger partial charge in [0.1, 0.15) is 0 Å². The molecule has 1 aliphatic rings. The Bertz CT molecular complexity index is 1240. The van der Waals surface area contributed by atoms with E-state index in [1.807, 2.05) is 18.2 Å². The number of amides is 2. The van der Waals surface area contributed by atoms with Crippen LogP contribution in [0, 0.1) is 11.8 Å². The van der Waals surface area contributed by atoms with Crippen molar-refractivity contribution in [2.24, 2.45) is 11.8 Å². The van der Waals surface area contributed by atoms with Crippen LogP contribution in [0.4, 0.5) is 11.4 Å². The number of hydrogen-bond donors (Lipinski definition) is 2.